The van der Waals surface area contributed by atoms with Crippen molar-refractivity contribution in [1.29, 1.82) is 0 Å². The molecule has 0 fully saturated rings. The van der Waals surface area contributed by atoms with Crippen LogP contribution in [0, 0.1) is 0 Å². The van der Waals surface area contributed by atoms with Crippen molar-refractivity contribution < 1.29 is 24.3 Å². The second-order valence-electron chi connectivity index (χ2n) is 5.03. The average molecular weight is 272 g/mol. The number of H-pyrrole nitrogens is 1. The van der Waals surface area contributed by atoms with E-state index in [1.54, 1.807) is 27.3 Å². The maximum absolute atomic E-state index is 10.3. The van der Waals surface area contributed by atoms with Crippen LogP contribution in [0.5, 0.6) is 0 Å². The molecule has 0 spiro atoms. The number of nitrogens with two attached hydrogens (primary N) is 1. The minimum Gasteiger partial charge on any atom is -0.544 e. The smallest absolute Gasteiger partial charge is 0.320 e. The number of hydrogen-bond donors (Lipinski definition) is 3. The number of imidazole rings is 1. The summed E-state index contributed by atoms with van der Waals surface area (Å²) < 4.78 is 0.419. The van der Waals surface area contributed by atoms with Crippen LogP contribution in [0.1, 0.15) is 5.69 Å². The molecule has 1 heterocycles. The van der Waals surface area contributed by atoms with Crippen molar-refractivity contribution in [2.45, 2.75) is 12.5 Å². The van der Waals surface area contributed by atoms with Gasteiger partial charge in [-0.3, -0.25) is 4.79 Å². The van der Waals surface area contributed by atoms with Crippen LogP contribution >= 0.6 is 0 Å². The van der Waals surface area contributed by atoms with Gasteiger partial charge in [0.15, 0.2) is 0 Å². The van der Waals surface area contributed by atoms with Crippen molar-refractivity contribution in [3.63, 3.8) is 0 Å². The molecule has 8 nitrogen and oxygen atoms in total. The summed E-state index contributed by atoms with van der Waals surface area (Å²) in [4.78, 5) is 26.7. The fourth-order valence-electron chi connectivity index (χ4n) is 1.10. The first-order valence-corrected chi connectivity index (χ1v) is 5.58. The van der Waals surface area contributed by atoms with Crippen LogP contribution in [0.25, 0.3) is 0 Å². The van der Waals surface area contributed by atoms with Crippen LogP contribution in [0.15, 0.2) is 12.5 Å². The van der Waals surface area contributed by atoms with Gasteiger partial charge in [-0.15, -0.1) is 0 Å². The van der Waals surface area contributed by atoms with Crippen LogP contribution < -0.4 is 10.8 Å². The number of aromatic nitrogens is 2. The Morgan fingerprint density at radius 1 is 1.53 bits per heavy atom. The SMILES string of the molecule is C[N+](C)(C)CC(=O)[O-].NC(Cc1c[nH]cn1)C(=O)O. The molecule has 1 aromatic rings. The fraction of sp³-hybridized carbons (Fsp3) is 0.545. The van der Waals surface area contributed by atoms with Gasteiger partial charge in [0.1, 0.15) is 12.6 Å². The highest BCUT2D eigenvalue weighted by molar-refractivity contribution is 5.73. The first-order chi connectivity index (χ1) is 8.61. The molecule has 0 aliphatic rings. The zero-order valence-electron chi connectivity index (χ0n) is 11.3. The molecular formula is C11H20N4O4. The highest BCUT2D eigenvalue weighted by Gasteiger charge is 2.12. The number of hydrogen-bond acceptors (Lipinski definition) is 5. The summed E-state index contributed by atoms with van der Waals surface area (Å²) >= 11 is 0. The molecular weight excluding hydrogens is 252 g/mol. The molecule has 0 amide bonds. The second kappa shape index (κ2) is 7.49. The van der Waals surface area contributed by atoms with Crippen molar-refractivity contribution in [1.82, 2.24) is 9.97 Å². The van der Waals surface area contributed by atoms with E-state index < -0.39 is 18.0 Å². The highest BCUT2D eigenvalue weighted by atomic mass is 16.4. The highest BCUT2D eigenvalue weighted by Crippen LogP contribution is 1.95. The number of carboxylic acids is 2. The molecule has 1 atom stereocenters. The third kappa shape index (κ3) is 9.74. The van der Waals surface area contributed by atoms with Crippen LogP contribution in [-0.4, -0.2) is 65.2 Å². The molecule has 1 rings (SSSR count). The molecule has 4 N–H and O–H groups in total. The number of quaternary nitrogens is 1. The maximum atomic E-state index is 10.3. The molecule has 0 aliphatic carbocycles. The predicted molar refractivity (Wildman–Crippen MR) is 65.8 cm³/mol. The van der Waals surface area contributed by atoms with Gasteiger partial charge in [-0.2, -0.15) is 0 Å². The lowest BCUT2D eigenvalue weighted by molar-refractivity contribution is -0.864. The molecule has 108 valence electrons. The summed E-state index contributed by atoms with van der Waals surface area (Å²) in [7, 11) is 5.40. The maximum Gasteiger partial charge on any atom is 0.320 e. The Morgan fingerprint density at radius 3 is 2.37 bits per heavy atom. The summed E-state index contributed by atoms with van der Waals surface area (Å²) in [5, 5.41) is 18.3. The monoisotopic (exact) mass is 272 g/mol. The lowest BCUT2D eigenvalue weighted by Gasteiger charge is -2.23. The van der Waals surface area contributed by atoms with Crippen molar-refractivity contribution in [3.8, 4) is 0 Å². The van der Waals surface area contributed by atoms with E-state index in [0.717, 1.165) is 0 Å². The Kier molecular flexibility index (Phi) is 6.73. The van der Waals surface area contributed by atoms with Gasteiger partial charge in [-0.25, -0.2) is 4.98 Å². The fourth-order valence-corrected chi connectivity index (χ4v) is 1.10. The Hall–Kier alpha value is -1.93. The average Bonchev–Trinajstić information content (AvgIpc) is 2.66. The number of rotatable bonds is 5. The van der Waals surface area contributed by atoms with E-state index in [9.17, 15) is 14.7 Å². The third-order valence-electron chi connectivity index (χ3n) is 1.90. The minimum atomic E-state index is -1.01. The Morgan fingerprint density at radius 2 is 2.11 bits per heavy atom. The number of nitrogens with one attached hydrogen (secondary N) is 1. The first-order valence-electron chi connectivity index (χ1n) is 5.58. The van der Waals surface area contributed by atoms with E-state index in [-0.39, 0.29) is 13.0 Å². The van der Waals surface area contributed by atoms with Gasteiger partial charge in [-0.1, -0.05) is 0 Å². The van der Waals surface area contributed by atoms with Gasteiger partial charge in [0.2, 0.25) is 0 Å². The zero-order chi connectivity index (χ0) is 15.1. The summed E-state index contributed by atoms with van der Waals surface area (Å²) in [6.45, 7) is 0.0694. The standard InChI is InChI=1S/C6H9N3O2.C5H11NO2/c7-5(6(10)11)1-4-2-8-3-9-4;1-6(2,3)4-5(7)8/h2-3,5H,1,7H2,(H,8,9)(H,10,11);4H2,1-3H3. The summed E-state index contributed by atoms with van der Waals surface area (Å²) in [5.41, 5.74) is 5.92. The molecule has 19 heavy (non-hydrogen) atoms. The molecule has 0 radical (unpaired) electrons. The zero-order valence-corrected chi connectivity index (χ0v) is 11.3. The van der Waals surface area contributed by atoms with Gasteiger partial charge < -0.3 is 30.2 Å². The molecule has 0 saturated heterocycles. The van der Waals surface area contributed by atoms with E-state index in [2.05, 4.69) is 9.97 Å². The van der Waals surface area contributed by atoms with E-state index in [1.165, 1.54) is 6.33 Å². The van der Waals surface area contributed by atoms with Crippen molar-refractivity contribution in [2.75, 3.05) is 27.7 Å². The second-order valence-corrected chi connectivity index (χ2v) is 5.03. The molecule has 1 unspecified atom stereocenters. The lowest BCUT2D eigenvalue weighted by atomic mass is 10.2. The largest absolute Gasteiger partial charge is 0.544 e. The normalized spacial score (nSPS) is 12.2. The van der Waals surface area contributed by atoms with Crippen LogP contribution in [0.3, 0.4) is 0 Å². The lowest BCUT2D eigenvalue weighted by Crippen LogP contribution is -2.45. The van der Waals surface area contributed by atoms with E-state index in [1.807, 2.05) is 0 Å². The van der Waals surface area contributed by atoms with E-state index in [0.29, 0.717) is 10.2 Å². The quantitative estimate of drug-likeness (QED) is 0.521. The number of carbonyl (C=O) groups excluding carboxylic acids is 1. The first kappa shape index (κ1) is 17.1. The molecule has 1 aromatic heterocycles. The molecule has 0 saturated carbocycles. The van der Waals surface area contributed by atoms with Crippen molar-refractivity contribution >= 4 is 11.9 Å². The van der Waals surface area contributed by atoms with Crippen LogP contribution in [0.4, 0.5) is 0 Å². The molecule has 8 heteroatoms. The molecule has 0 aliphatic heterocycles. The van der Waals surface area contributed by atoms with Gasteiger partial charge in [0, 0.05) is 12.6 Å². The Labute approximate surface area is 111 Å². The number of aromatic amines is 1. The van der Waals surface area contributed by atoms with E-state index in [4.69, 9.17) is 10.8 Å². The molecule has 0 bridgehead atoms. The van der Waals surface area contributed by atoms with Crippen molar-refractivity contribution in [2.24, 2.45) is 5.73 Å². The van der Waals surface area contributed by atoms with E-state index >= 15 is 0 Å². The van der Waals surface area contributed by atoms with Gasteiger partial charge in [0.05, 0.1) is 39.1 Å². The van der Waals surface area contributed by atoms with Gasteiger partial charge >= 0.3 is 5.97 Å². The summed E-state index contributed by atoms with van der Waals surface area (Å²) in [5.74, 6) is -2.01. The van der Waals surface area contributed by atoms with Crippen LogP contribution in [0.2, 0.25) is 0 Å². The number of aliphatic carboxylic acids is 2. The minimum absolute atomic E-state index is 0.0694. The molecule has 0 aromatic carbocycles. The Bertz CT molecular complexity index is 397. The van der Waals surface area contributed by atoms with Gasteiger partial charge in [0.25, 0.3) is 0 Å². The number of carboxylic acid groups (broad SMARTS) is 2. The predicted octanol–water partition coefficient (Wildman–Crippen LogP) is -2.19. The van der Waals surface area contributed by atoms with Gasteiger partial charge in [-0.05, 0) is 0 Å². The van der Waals surface area contributed by atoms with Crippen molar-refractivity contribution in [3.05, 3.63) is 18.2 Å². The third-order valence-corrected chi connectivity index (χ3v) is 1.90. The Balaban J connectivity index is 0.000000362. The summed E-state index contributed by atoms with van der Waals surface area (Å²) in [6.07, 6.45) is 3.38. The number of carbonyl (C=O) groups is 2. The van der Waals surface area contributed by atoms with Crippen LogP contribution in [-0.2, 0) is 16.0 Å². The summed E-state index contributed by atoms with van der Waals surface area (Å²) in [6, 6.07) is -0.863. The number of likely N-dealkylation sites (N-methyl/N-ethyl adjacent to an activating group) is 1. The number of nitrogens with zero attached hydrogens (tertiary/aromatic N) is 2. The topological polar surface area (TPSA) is 132 Å².